The van der Waals surface area contributed by atoms with Crippen molar-refractivity contribution < 1.29 is 13.2 Å². The van der Waals surface area contributed by atoms with Gasteiger partial charge in [-0.05, 0) is 38.6 Å². The Morgan fingerprint density at radius 1 is 1.45 bits per heavy atom. The van der Waals surface area contributed by atoms with Crippen LogP contribution in [0.3, 0.4) is 0 Å². The van der Waals surface area contributed by atoms with Crippen LogP contribution in [0.4, 0.5) is 0 Å². The van der Waals surface area contributed by atoms with Gasteiger partial charge in [-0.25, -0.2) is 13.1 Å². The molecule has 0 spiro atoms. The molecule has 0 saturated carbocycles. The van der Waals surface area contributed by atoms with E-state index in [0.29, 0.717) is 6.54 Å². The molecule has 6 nitrogen and oxygen atoms in total. The molecule has 1 aromatic rings. The number of amides is 1. The predicted octanol–water partition coefficient (Wildman–Crippen LogP) is 0.414. The van der Waals surface area contributed by atoms with Crippen molar-refractivity contribution in [3.8, 4) is 0 Å². The molecule has 1 aliphatic heterocycles. The van der Waals surface area contributed by atoms with Gasteiger partial charge in [-0.2, -0.15) is 0 Å². The van der Waals surface area contributed by atoms with Crippen molar-refractivity contribution in [1.29, 1.82) is 0 Å². The molecule has 1 aliphatic rings. The molecule has 112 valence electrons. The van der Waals surface area contributed by atoms with Crippen molar-refractivity contribution in [2.45, 2.75) is 36.1 Å². The van der Waals surface area contributed by atoms with Crippen molar-refractivity contribution in [2.75, 3.05) is 13.6 Å². The number of carbonyl (C=O) groups excluding carboxylic acids is 1. The Balaban J connectivity index is 1.89. The minimum atomic E-state index is -3.39. The maximum absolute atomic E-state index is 11.9. The Bertz CT molecular complexity index is 562. The second kappa shape index (κ2) is 6.66. The van der Waals surface area contributed by atoms with E-state index in [1.54, 1.807) is 12.1 Å². The van der Waals surface area contributed by atoms with Gasteiger partial charge in [0.15, 0.2) is 0 Å². The SMILES string of the molecule is CNS(=O)(=O)c1ccc(CNC(=O)C2CCCCN2)s1. The largest absolute Gasteiger partial charge is 0.350 e. The number of nitrogens with one attached hydrogen (secondary N) is 3. The molecule has 8 heteroatoms. The van der Waals surface area contributed by atoms with Crippen LogP contribution in [0.1, 0.15) is 24.1 Å². The summed E-state index contributed by atoms with van der Waals surface area (Å²) in [7, 11) is -2.01. The molecule has 0 aromatic carbocycles. The fourth-order valence-corrected chi connectivity index (χ4v) is 4.20. The third kappa shape index (κ3) is 3.78. The molecule has 1 amide bonds. The number of carbonyl (C=O) groups is 1. The maximum Gasteiger partial charge on any atom is 0.249 e. The van der Waals surface area contributed by atoms with Crippen molar-refractivity contribution in [2.24, 2.45) is 0 Å². The first-order valence-corrected chi connectivity index (χ1v) is 8.86. The second-order valence-electron chi connectivity index (χ2n) is 4.65. The normalized spacial score (nSPS) is 19.8. The van der Waals surface area contributed by atoms with Crippen LogP contribution >= 0.6 is 11.3 Å². The minimum Gasteiger partial charge on any atom is -0.350 e. The highest BCUT2D eigenvalue weighted by atomic mass is 32.2. The molecule has 1 unspecified atom stereocenters. The standard InChI is InChI=1S/C12H19N3O3S2/c1-13-20(17,18)11-6-5-9(19-11)8-15-12(16)10-4-2-3-7-14-10/h5-6,10,13-14H,2-4,7-8H2,1H3,(H,15,16). The molecular weight excluding hydrogens is 298 g/mol. The molecule has 3 N–H and O–H groups in total. The number of piperidine rings is 1. The molecular formula is C12H19N3O3S2. The number of hydrogen-bond donors (Lipinski definition) is 3. The highest BCUT2D eigenvalue weighted by molar-refractivity contribution is 7.91. The van der Waals surface area contributed by atoms with Gasteiger partial charge >= 0.3 is 0 Å². The van der Waals surface area contributed by atoms with E-state index in [9.17, 15) is 13.2 Å². The van der Waals surface area contributed by atoms with Gasteiger partial charge in [-0.3, -0.25) is 4.79 Å². The van der Waals surface area contributed by atoms with E-state index in [-0.39, 0.29) is 16.2 Å². The van der Waals surface area contributed by atoms with Crippen molar-refractivity contribution in [3.05, 3.63) is 17.0 Å². The van der Waals surface area contributed by atoms with Gasteiger partial charge in [0.25, 0.3) is 0 Å². The van der Waals surface area contributed by atoms with Crippen LogP contribution in [0.2, 0.25) is 0 Å². The van der Waals surface area contributed by atoms with E-state index in [1.807, 2.05) is 0 Å². The van der Waals surface area contributed by atoms with E-state index >= 15 is 0 Å². The first-order chi connectivity index (χ1) is 9.53. The van der Waals surface area contributed by atoms with Crippen LogP contribution in [-0.2, 0) is 21.4 Å². The predicted molar refractivity (Wildman–Crippen MR) is 78.1 cm³/mol. The van der Waals surface area contributed by atoms with Crippen LogP contribution in [0, 0.1) is 0 Å². The van der Waals surface area contributed by atoms with Crippen LogP contribution in [0.15, 0.2) is 16.3 Å². The summed E-state index contributed by atoms with van der Waals surface area (Å²) in [6.07, 6.45) is 3.03. The van der Waals surface area contributed by atoms with Crippen molar-refractivity contribution in [3.63, 3.8) is 0 Å². The first kappa shape index (κ1) is 15.4. The lowest BCUT2D eigenvalue weighted by molar-refractivity contribution is -0.123. The minimum absolute atomic E-state index is 0.0175. The zero-order valence-electron chi connectivity index (χ0n) is 11.3. The zero-order chi connectivity index (χ0) is 14.6. The monoisotopic (exact) mass is 317 g/mol. The van der Waals surface area contributed by atoms with E-state index in [2.05, 4.69) is 15.4 Å². The highest BCUT2D eigenvalue weighted by Crippen LogP contribution is 2.21. The van der Waals surface area contributed by atoms with E-state index < -0.39 is 10.0 Å². The summed E-state index contributed by atoms with van der Waals surface area (Å²) in [5, 5.41) is 6.02. The maximum atomic E-state index is 11.9. The van der Waals surface area contributed by atoms with Crippen LogP contribution in [0.5, 0.6) is 0 Å². The lowest BCUT2D eigenvalue weighted by atomic mass is 10.0. The molecule has 1 atom stereocenters. The number of thiophene rings is 1. The van der Waals surface area contributed by atoms with Gasteiger partial charge < -0.3 is 10.6 Å². The molecule has 1 saturated heterocycles. The van der Waals surface area contributed by atoms with E-state index in [1.165, 1.54) is 18.4 Å². The summed E-state index contributed by atoms with van der Waals surface area (Å²) in [6, 6.07) is 3.16. The van der Waals surface area contributed by atoms with Gasteiger partial charge in [0.05, 0.1) is 12.6 Å². The van der Waals surface area contributed by atoms with Gasteiger partial charge in [0, 0.05) is 4.88 Å². The van der Waals surface area contributed by atoms with Crippen LogP contribution in [-0.4, -0.2) is 34.0 Å². The molecule has 0 bridgehead atoms. The van der Waals surface area contributed by atoms with Crippen molar-refractivity contribution in [1.82, 2.24) is 15.4 Å². The quantitative estimate of drug-likeness (QED) is 0.734. The second-order valence-corrected chi connectivity index (χ2v) is 7.93. The Kier molecular flexibility index (Phi) is 5.14. The number of hydrogen-bond acceptors (Lipinski definition) is 5. The smallest absolute Gasteiger partial charge is 0.249 e. The summed E-state index contributed by atoms with van der Waals surface area (Å²) in [5.41, 5.74) is 0. The zero-order valence-corrected chi connectivity index (χ0v) is 12.9. The molecule has 20 heavy (non-hydrogen) atoms. The van der Waals surface area contributed by atoms with E-state index in [0.717, 1.165) is 30.7 Å². The third-order valence-electron chi connectivity index (χ3n) is 3.23. The summed E-state index contributed by atoms with van der Waals surface area (Å²) >= 11 is 1.17. The average molecular weight is 317 g/mol. The number of sulfonamides is 1. The van der Waals surface area contributed by atoms with Gasteiger partial charge in [-0.15, -0.1) is 11.3 Å². The Morgan fingerprint density at radius 3 is 2.90 bits per heavy atom. The Hall–Kier alpha value is -0.960. The van der Waals surface area contributed by atoms with Crippen LogP contribution < -0.4 is 15.4 Å². The molecule has 2 heterocycles. The van der Waals surface area contributed by atoms with Crippen LogP contribution in [0.25, 0.3) is 0 Å². The van der Waals surface area contributed by atoms with E-state index in [4.69, 9.17) is 0 Å². The van der Waals surface area contributed by atoms with Crippen molar-refractivity contribution >= 4 is 27.3 Å². The molecule has 2 rings (SSSR count). The Labute approximate surface area is 123 Å². The summed E-state index contributed by atoms with van der Waals surface area (Å²) in [5.74, 6) is -0.0175. The van der Waals surface area contributed by atoms with Gasteiger partial charge in [0.2, 0.25) is 15.9 Å². The highest BCUT2D eigenvalue weighted by Gasteiger charge is 2.20. The molecule has 0 aliphatic carbocycles. The summed E-state index contributed by atoms with van der Waals surface area (Å²) in [4.78, 5) is 12.8. The third-order valence-corrected chi connectivity index (χ3v) is 6.23. The Morgan fingerprint density at radius 2 is 2.25 bits per heavy atom. The molecule has 1 fully saturated rings. The number of rotatable bonds is 5. The summed E-state index contributed by atoms with van der Waals surface area (Å²) < 4.78 is 25.7. The molecule has 0 radical (unpaired) electrons. The molecule has 1 aromatic heterocycles. The average Bonchev–Trinajstić information content (AvgIpc) is 2.95. The fourth-order valence-electron chi connectivity index (χ4n) is 2.07. The summed E-state index contributed by atoms with van der Waals surface area (Å²) in [6.45, 7) is 1.24. The lowest BCUT2D eigenvalue weighted by Gasteiger charge is -2.22. The van der Waals surface area contributed by atoms with Gasteiger partial charge in [-0.1, -0.05) is 6.42 Å². The fraction of sp³-hybridized carbons (Fsp3) is 0.583. The lowest BCUT2D eigenvalue weighted by Crippen LogP contribution is -2.46. The van der Waals surface area contributed by atoms with Gasteiger partial charge in [0.1, 0.15) is 4.21 Å². The first-order valence-electron chi connectivity index (χ1n) is 6.56. The topological polar surface area (TPSA) is 87.3 Å².